The Bertz CT molecular complexity index is 9000. The SMILES string of the molecule is O=C(O)COC(=O)C1=c2ccc3c(C(=O)OCC(=O)O)c4cc5c(OCC(=O)O)c6cc7c(OCC(=O)O)c8cc(C(=O)OCC(=O)O)cc9c8c8c7c7c%10c%11c%12c%13c%14c%15c(cc%16cc%17c(c%11c%16%14)=C%11C%14=C(C=CC%16OC%14%16C%17C(=O)OCC(=O)O)C(=C9)C89OC%11%109)C=C8C=c9cc(C(=O)OCC(=O)O)cc%10c9=C9C8C%15(OCC(=O)O)C8C%13(OCO)c(c4c4c3c2C2(OC48C92)C%10=C1)c5c%12c67. The van der Waals surface area contributed by atoms with Gasteiger partial charge in [0.2, 0.25) is 0 Å². The van der Waals surface area contributed by atoms with Gasteiger partial charge in [-0.25, -0.2) is 57.5 Å². The van der Waals surface area contributed by atoms with E-state index in [-0.39, 0.29) is 137 Å². The zero-order chi connectivity index (χ0) is 89.8. The van der Waals surface area contributed by atoms with E-state index in [1.807, 2.05) is 24.3 Å². The number of carbonyl (C=O) groups excluding carboxylic acids is 5. The normalized spacial score (nSPS) is 27.3. The molecule has 3 saturated heterocycles. The highest BCUT2D eigenvalue weighted by molar-refractivity contribution is 6.48. The third-order valence-corrected chi connectivity index (χ3v) is 31.4. The van der Waals surface area contributed by atoms with E-state index in [1.54, 1.807) is 30.4 Å². The zero-order valence-corrected chi connectivity index (χ0v) is 66.7. The molecule has 0 aromatic heterocycles. The molecule has 0 amide bonds. The first-order valence-electron chi connectivity index (χ1n) is 41.8. The number of carbonyl (C=O) groups is 13. The fraction of sp³-hybridized carbons (Fsp3) is 0.214. The largest absolute Gasteiger partial charge is 0.481 e. The van der Waals surface area contributed by atoms with Crippen molar-refractivity contribution in [3.63, 3.8) is 0 Å². The number of carboxylic acid groups (broad SMARTS) is 8. The number of aliphatic hydroxyl groups is 1. The fourth-order valence-electron chi connectivity index (χ4n) is 28.8. The molecule has 2 bridgehead atoms. The number of fused-ring (bicyclic) bond motifs is 2. The van der Waals surface area contributed by atoms with Gasteiger partial charge in [0.15, 0.2) is 57.5 Å². The van der Waals surface area contributed by atoms with Crippen molar-refractivity contribution in [2.75, 3.05) is 59.6 Å². The lowest BCUT2D eigenvalue weighted by Gasteiger charge is -2.80. The number of aliphatic hydroxyl groups excluding tert-OH is 1. The Balaban J connectivity index is 0.917. The van der Waals surface area contributed by atoms with Gasteiger partial charge >= 0.3 is 77.6 Å². The van der Waals surface area contributed by atoms with Gasteiger partial charge in [-0.05, 0) is 196 Å². The maximum atomic E-state index is 16.6. The summed E-state index contributed by atoms with van der Waals surface area (Å²) in [6.45, 7) is -10.4. The van der Waals surface area contributed by atoms with Crippen LogP contribution >= 0.6 is 0 Å². The maximum Gasteiger partial charge on any atom is 0.341 e. The molecule has 12 unspecified atom stereocenters. The smallest absolute Gasteiger partial charge is 0.341 e. The monoisotopic (exact) mass is 1770 g/mol. The van der Waals surface area contributed by atoms with Gasteiger partial charge < -0.3 is 103 Å². The summed E-state index contributed by atoms with van der Waals surface area (Å²) in [5.41, 5.74) is -10.2. The van der Waals surface area contributed by atoms with Crippen LogP contribution < -0.4 is 30.3 Å². The van der Waals surface area contributed by atoms with Crippen LogP contribution in [0.2, 0.25) is 0 Å². The van der Waals surface area contributed by atoms with Crippen LogP contribution in [0, 0.1) is 17.8 Å². The molecule has 15 aliphatic carbocycles. The van der Waals surface area contributed by atoms with Crippen molar-refractivity contribution in [2.45, 2.75) is 51.2 Å². The average molecular weight is 1770 g/mol. The van der Waals surface area contributed by atoms with Gasteiger partial charge in [-0.2, -0.15) is 0 Å². The Morgan fingerprint density at radius 1 is 0.432 bits per heavy atom. The summed E-state index contributed by atoms with van der Waals surface area (Å²) in [6.07, 6.45) is 9.52. The molecule has 18 aliphatic rings. The molecule has 4 fully saturated rings. The highest BCUT2D eigenvalue weighted by atomic mass is 16.6. The van der Waals surface area contributed by atoms with Gasteiger partial charge in [-0.15, -0.1) is 0 Å². The van der Waals surface area contributed by atoms with E-state index in [0.29, 0.717) is 120 Å². The minimum absolute atomic E-state index is 0.0360. The lowest BCUT2D eigenvalue weighted by Crippen LogP contribution is -2.84. The van der Waals surface area contributed by atoms with Gasteiger partial charge in [0.25, 0.3) is 0 Å². The number of allylic oxidation sites excluding steroid dienone is 1. The van der Waals surface area contributed by atoms with E-state index in [2.05, 4.69) is 0 Å². The lowest BCUT2D eigenvalue weighted by molar-refractivity contribution is -0.393. The minimum Gasteiger partial charge on any atom is -0.481 e. The molecule has 34 nitrogen and oxygen atoms in total. The first-order chi connectivity index (χ1) is 63.5. The lowest BCUT2D eigenvalue weighted by atomic mass is 9.31. The Labute approximate surface area is 727 Å². The van der Waals surface area contributed by atoms with Crippen molar-refractivity contribution >= 4 is 226 Å². The zero-order valence-electron chi connectivity index (χ0n) is 66.7. The van der Waals surface area contributed by atoms with Crippen LogP contribution in [0.15, 0.2) is 101 Å². The van der Waals surface area contributed by atoms with E-state index in [0.717, 1.165) is 0 Å². The van der Waals surface area contributed by atoms with Gasteiger partial charge in [0.1, 0.15) is 64.9 Å². The number of hydrogen-bond acceptors (Lipinski definition) is 26. The number of benzene rings is 12. The molecule has 34 heteroatoms. The fourth-order valence-corrected chi connectivity index (χ4v) is 28.8. The Kier molecular flexibility index (Phi) is 12.2. The van der Waals surface area contributed by atoms with Crippen LogP contribution in [-0.2, 0) is 129 Å². The molecule has 9 N–H and O–H groups in total. The highest BCUT2D eigenvalue weighted by Crippen LogP contribution is 2.91. The number of hydrogen-bond donors (Lipinski definition) is 9. The van der Waals surface area contributed by atoms with Crippen LogP contribution in [0.5, 0.6) is 11.5 Å². The maximum absolute atomic E-state index is 16.6. The van der Waals surface area contributed by atoms with Crippen molar-refractivity contribution in [1.29, 1.82) is 0 Å². The summed E-state index contributed by atoms with van der Waals surface area (Å²) in [5.74, 6) is -24.3. The third-order valence-electron chi connectivity index (χ3n) is 31.4. The summed E-state index contributed by atoms with van der Waals surface area (Å²) in [5, 5.41) is 104. The molecule has 30 rings (SSSR count). The molecule has 12 aromatic rings. The number of epoxide rings is 2. The van der Waals surface area contributed by atoms with Gasteiger partial charge in [0.05, 0.1) is 34.1 Å². The van der Waals surface area contributed by atoms with Crippen LogP contribution in [0.3, 0.4) is 0 Å². The Morgan fingerprint density at radius 3 is 1.74 bits per heavy atom. The van der Waals surface area contributed by atoms with Crippen molar-refractivity contribution in [2.24, 2.45) is 17.8 Å². The molecule has 5 spiro atoms. The molecule has 644 valence electrons. The Morgan fingerprint density at radius 2 is 1.05 bits per heavy atom. The van der Waals surface area contributed by atoms with E-state index >= 15 is 14.4 Å². The minimum atomic E-state index is -2.52. The van der Waals surface area contributed by atoms with E-state index in [9.17, 15) is 93.9 Å². The molecule has 0 radical (unpaired) electrons. The van der Waals surface area contributed by atoms with Crippen LogP contribution in [0.1, 0.15) is 98.2 Å². The van der Waals surface area contributed by atoms with Crippen molar-refractivity contribution < 1.29 is 165 Å². The second-order valence-corrected chi connectivity index (χ2v) is 36.5. The first kappa shape index (κ1) is 73.1. The number of rotatable bonds is 26. The molecule has 1 saturated carbocycles. The molecule has 3 aliphatic heterocycles. The average Bonchev–Trinajstić information content (AvgIpc) is 0.695. The molecule has 12 atom stereocenters. The standard InChI is InChI=1S/C98H48O34/c99-25-129-95-77-61-42-14-38-58(89(119)126-22-52(110)111)35-2-1-33-36(88(118)125-21-51(108)109)16-44-37-11-31(86(116)123-19-49(104)105)7-26-5-30-9-29-6-27-10-39-60-65-57(27)70(72(29)94(128-24-54(114)115)73(30)71(55(26)37)85-92(44)74(33)63(35)78(64(38)77)96(85,131-92)91(94)95)79(95)68-66(61)59-41(84(42)122-18-48(102)103)15-43-62-67(59)81(69(65)68)98-82(60)75-34(3-4-46-93(75,130-46)76(39)90(120)127-23-53(112)113)45-13-28-8-32(87(117)124-20-50(106)107)12-40(83(43)121-17-47(100)101)56(28)80(62)97(45,98)132-98/h1-16,46,73,76,85,91,99H,17-25H2,(H,100,101)(H,102,103)(H,104,105)(H,106,107)(H,108,109)(H,110,111)(H,112,113)(H,114,115). The number of carboxylic acids is 8. The number of aliphatic carboxylic acids is 8. The number of esters is 5. The van der Waals surface area contributed by atoms with Gasteiger partial charge in [0, 0.05) is 99.3 Å². The Hall–Kier alpha value is -15.9. The third kappa shape index (κ3) is 7.18. The summed E-state index contributed by atoms with van der Waals surface area (Å²) in [6, 6.07) is 15.5. The molecular weight excluding hydrogens is 1720 g/mol. The second-order valence-electron chi connectivity index (χ2n) is 36.5. The van der Waals surface area contributed by atoms with E-state index in [1.165, 1.54) is 42.5 Å². The van der Waals surface area contributed by atoms with Crippen LogP contribution in [0.25, 0.3) is 148 Å². The summed E-state index contributed by atoms with van der Waals surface area (Å²) < 4.78 is 82.3. The molecule has 132 heavy (non-hydrogen) atoms. The summed E-state index contributed by atoms with van der Waals surface area (Å²) in [4.78, 5) is 183. The summed E-state index contributed by atoms with van der Waals surface area (Å²) in [7, 11) is 0. The van der Waals surface area contributed by atoms with E-state index < -0.39 is 212 Å². The van der Waals surface area contributed by atoms with Crippen LogP contribution in [0.4, 0.5) is 0 Å². The van der Waals surface area contributed by atoms with Crippen molar-refractivity contribution in [1.82, 2.24) is 0 Å². The number of ether oxygens (including phenoxy) is 12. The van der Waals surface area contributed by atoms with Crippen molar-refractivity contribution in [3.8, 4) is 11.5 Å². The molecular formula is C98H48O34. The van der Waals surface area contributed by atoms with Crippen molar-refractivity contribution in [3.05, 3.63) is 200 Å². The quantitative estimate of drug-likeness (QED) is 0.00815. The first-order valence-corrected chi connectivity index (χ1v) is 41.8. The molecule has 12 aromatic carbocycles. The van der Waals surface area contributed by atoms with E-state index in [4.69, 9.17) is 56.8 Å². The predicted molar refractivity (Wildman–Crippen MR) is 444 cm³/mol. The van der Waals surface area contributed by atoms with Crippen LogP contribution in [-0.4, -0.2) is 195 Å². The van der Waals surface area contributed by atoms with Gasteiger partial charge in [-0.3, -0.25) is 4.79 Å². The molecule has 3 heterocycles. The summed E-state index contributed by atoms with van der Waals surface area (Å²) >= 11 is 0. The van der Waals surface area contributed by atoms with Gasteiger partial charge in [-0.1, -0.05) is 36.4 Å². The topological polar surface area (TPSA) is 521 Å². The highest BCUT2D eigenvalue weighted by Gasteiger charge is 2.91. The predicted octanol–water partition coefficient (Wildman–Crippen LogP) is 5.42. The second kappa shape index (κ2) is 22.0.